The van der Waals surface area contributed by atoms with Crippen molar-refractivity contribution in [2.45, 2.75) is 78.1 Å². The van der Waals surface area contributed by atoms with Gasteiger partial charge >= 0.3 is 0 Å². The molecule has 40 heavy (non-hydrogen) atoms. The lowest BCUT2D eigenvalue weighted by molar-refractivity contribution is -0.437. The normalized spacial score (nSPS) is 21.5. The van der Waals surface area contributed by atoms with Crippen molar-refractivity contribution in [3.05, 3.63) is 104 Å². The van der Waals surface area contributed by atoms with E-state index in [0.29, 0.717) is 0 Å². The molecule has 210 valence electrons. The summed E-state index contributed by atoms with van der Waals surface area (Å²) in [5, 5.41) is 2.45. The number of allylic oxidation sites excluding steroid dienone is 8. The van der Waals surface area contributed by atoms with Gasteiger partial charge in [-0.25, -0.2) is 0 Å². The van der Waals surface area contributed by atoms with E-state index in [4.69, 9.17) is 34.8 Å². The summed E-state index contributed by atoms with van der Waals surface area (Å²) in [4.78, 5) is 2.45. The smallest absolute Gasteiger partial charge is 0.209 e. The van der Waals surface area contributed by atoms with Crippen LogP contribution < -0.4 is 4.90 Å². The molecule has 3 aliphatic rings. The minimum atomic E-state index is -0.130. The lowest BCUT2D eigenvalue weighted by atomic mass is 9.81. The lowest BCUT2D eigenvalue weighted by Crippen LogP contribution is -2.27. The quantitative estimate of drug-likeness (QED) is 0.289. The second-order valence-electron chi connectivity index (χ2n) is 12.2. The number of anilines is 1. The van der Waals surface area contributed by atoms with Gasteiger partial charge < -0.3 is 4.90 Å². The summed E-state index contributed by atoms with van der Waals surface area (Å²) >= 11 is 19.8. The summed E-state index contributed by atoms with van der Waals surface area (Å²) in [6.07, 6.45) is 13.1. The predicted octanol–water partition coefficient (Wildman–Crippen LogP) is 10.6. The van der Waals surface area contributed by atoms with Crippen LogP contribution in [-0.2, 0) is 10.8 Å². The first-order valence-corrected chi connectivity index (χ1v) is 15.6. The molecule has 2 aliphatic heterocycles. The van der Waals surface area contributed by atoms with Crippen molar-refractivity contribution < 1.29 is 4.58 Å². The number of hydrogen-bond acceptors (Lipinski definition) is 1. The second-order valence-corrected chi connectivity index (χ2v) is 13.4. The third kappa shape index (κ3) is 5.02. The van der Waals surface area contributed by atoms with Crippen LogP contribution in [0.2, 0.25) is 10.0 Å². The second kappa shape index (κ2) is 11.2. The molecule has 0 radical (unpaired) electrons. The van der Waals surface area contributed by atoms with Crippen LogP contribution in [0.25, 0.3) is 0 Å². The Labute approximate surface area is 255 Å². The van der Waals surface area contributed by atoms with Crippen LogP contribution in [-0.4, -0.2) is 23.4 Å². The van der Waals surface area contributed by atoms with Crippen molar-refractivity contribution in [1.82, 2.24) is 0 Å². The SMILES string of the molecule is CCCN1/C(=C/C=C2\CCC(/C=C/C3=[N+](CCC)c4ccc(Cl)cc4C3(C)C)=C2Cl)C(C)(C)c2cc(Cl)ccc21. The Balaban J connectivity index is 1.47. The molecule has 0 unspecified atom stereocenters. The Bertz CT molecular complexity index is 1500. The lowest BCUT2D eigenvalue weighted by Gasteiger charge is -2.26. The molecular weight excluding hydrogens is 555 g/mol. The minimum absolute atomic E-state index is 0.130. The highest BCUT2D eigenvalue weighted by Gasteiger charge is 2.44. The van der Waals surface area contributed by atoms with E-state index in [9.17, 15) is 0 Å². The summed E-state index contributed by atoms with van der Waals surface area (Å²) in [6.45, 7) is 15.6. The first-order chi connectivity index (χ1) is 19.0. The van der Waals surface area contributed by atoms with E-state index in [-0.39, 0.29) is 10.8 Å². The van der Waals surface area contributed by atoms with Gasteiger partial charge in [-0.05, 0) is 86.2 Å². The molecule has 2 heterocycles. The third-order valence-electron chi connectivity index (χ3n) is 8.71. The van der Waals surface area contributed by atoms with Crippen LogP contribution in [0.3, 0.4) is 0 Å². The number of halogens is 3. The van der Waals surface area contributed by atoms with Crippen molar-refractivity contribution in [3.8, 4) is 0 Å². The van der Waals surface area contributed by atoms with Crippen molar-refractivity contribution in [2.75, 3.05) is 18.0 Å². The molecule has 0 N–H and O–H groups in total. The van der Waals surface area contributed by atoms with Crippen LogP contribution in [0.4, 0.5) is 11.4 Å². The number of rotatable bonds is 7. The molecule has 0 saturated heterocycles. The van der Waals surface area contributed by atoms with E-state index in [1.165, 1.54) is 45.1 Å². The van der Waals surface area contributed by atoms with E-state index < -0.39 is 0 Å². The number of fused-ring (bicyclic) bond motifs is 2. The summed E-state index contributed by atoms with van der Waals surface area (Å²) < 4.78 is 2.45. The highest BCUT2D eigenvalue weighted by Crippen LogP contribution is 2.49. The number of hydrogen-bond donors (Lipinski definition) is 0. The van der Waals surface area contributed by atoms with Gasteiger partial charge in [0.15, 0.2) is 5.71 Å². The Kier molecular flexibility index (Phi) is 8.18. The average Bonchev–Trinajstić information content (AvgIpc) is 3.43. The maximum atomic E-state index is 7.03. The minimum Gasteiger partial charge on any atom is -0.344 e. The maximum Gasteiger partial charge on any atom is 0.209 e. The van der Waals surface area contributed by atoms with Crippen LogP contribution in [0.15, 0.2) is 82.6 Å². The van der Waals surface area contributed by atoms with Crippen molar-refractivity contribution in [3.63, 3.8) is 0 Å². The van der Waals surface area contributed by atoms with Crippen LogP contribution in [0.5, 0.6) is 0 Å². The van der Waals surface area contributed by atoms with Crippen molar-refractivity contribution in [2.24, 2.45) is 0 Å². The molecule has 0 bridgehead atoms. The fraction of sp³-hybridized carbons (Fsp3) is 0.400. The monoisotopic (exact) mass is 593 g/mol. The van der Waals surface area contributed by atoms with Gasteiger partial charge in [0.2, 0.25) is 5.69 Å². The van der Waals surface area contributed by atoms with Gasteiger partial charge in [-0.2, -0.15) is 4.58 Å². The van der Waals surface area contributed by atoms with Gasteiger partial charge in [-0.1, -0.05) is 74.6 Å². The van der Waals surface area contributed by atoms with E-state index >= 15 is 0 Å². The van der Waals surface area contributed by atoms with Gasteiger partial charge in [0, 0.05) is 62.5 Å². The molecular formula is C35H40Cl3N2+. The van der Waals surface area contributed by atoms with E-state index in [1.54, 1.807) is 0 Å². The Hall–Kier alpha value is -2.26. The van der Waals surface area contributed by atoms with Gasteiger partial charge in [-0.3, -0.25) is 0 Å². The van der Waals surface area contributed by atoms with Crippen molar-refractivity contribution >= 4 is 51.9 Å². The molecule has 2 aromatic rings. The summed E-state index contributed by atoms with van der Waals surface area (Å²) in [7, 11) is 0. The third-order valence-corrected chi connectivity index (χ3v) is 9.67. The molecule has 2 aromatic carbocycles. The first kappa shape index (κ1) is 29.2. The molecule has 0 spiro atoms. The van der Waals surface area contributed by atoms with Crippen LogP contribution in [0, 0.1) is 0 Å². The number of benzene rings is 2. The molecule has 0 amide bonds. The van der Waals surface area contributed by atoms with Gasteiger partial charge in [0.1, 0.15) is 6.54 Å². The zero-order valence-corrected chi connectivity index (χ0v) is 26.8. The van der Waals surface area contributed by atoms with Gasteiger partial charge in [0.05, 0.1) is 5.41 Å². The highest BCUT2D eigenvalue weighted by atomic mass is 35.5. The summed E-state index contributed by atoms with van der Waals surface area (Å²) in [5.41, 5.74) is 9.81. The van der Waals surface area contributed by atoms with Crippen LogP contribution >= 0.6 is 34.8 Å². The summed E-state index contributed by atoms with van der Waals surface area (Å²) in [6, 6.07) is 12.5. The van der Waals surface area contributed by atoms with Gasteiger partial charge in [-0.15, -0.1) is 0 Å². The molecule has 0 aromatic heterocycles. The molecule has 5 rings (SSSR count). The molecule has 0 atom stereocenters. The van der Waals surface area contributed by atoms with E-state index in [2.05, 4.69) is 99.6 Å². The van der Waals surface area contributed by atoms with E-state index in [0.717, 1.165) is 53.9 Å². The van der Waals surface area contributed by atoms with Crippen molar-refractivity contribution in [1.29, 1.82) is 0 Å². The average molecular weight is 595 g/mol. The standard InChI is InChI=1S/C35H40Cl3N2/c1-7-19-39-29-15-13-25(36)21-27(29)34(3,4)31(39)17-11-23-9-10-24(33(23)38)12-18-32-35(5,6)28-22-26(37)14-16-30(28)40(32)20-8-2/h11-18,21-22H,7-10,19-20H2,1-6H3/q+1. The zero-order valence-electron chi connectivity index (χ0n) is 24.5. The molecule has 1 aliphatic carbocycles. The molecule has 0 saturated carbocycles. The fourth-order valence-corrected chi connectivity index (χ4v) is 7.25. The topological polar surface area (TPSA) is 6.25 Å². The van der Waals surface area contributed by atoms with Gasteiger partial charge in [0.25, 0.3) is 0 Å². The largest absolute Gasteiger partial charge is 0.344 e. The summed E-state index contributed by atoms with van der Waals surface area (Å²) in [5.74, 6) is 0. The Morgan fingerprint density at radius 1 is 0.825 bits per heavy atom. The Morgan fingerprint density at radius 2 is 1.52 bits per heavy atom. The highest BCUT2D eigenvalue weighted by molar-refractivity contribution is 6.33. The van der Waals surface area contributed by atoms with Crippen LogP contribution in [0.1, 0.15) is 78.4 Å². The Morgan fingerprint density at radius 3 is 2.23 bits per heavy atom. The molecule has 2 nitrogen and oxygen atoms in total. The zero-order chi connectivity index (χ0) is 28.8. The molecule has 0 fully saturated rings. The maximum absolute atomic E-state index is 7.03. The molecule has 5 heteroatoms. The number of nitrogens with zero attached hydrogens (tertiary/aromatic N) is 2. The first-order valence-electron chi connectivity index (χ1n) is 14.5. The van der Waals surface area contributed by atoms with E-state index in [1.807, 2.05) is 12.1 Å². The predicted molar refractivity (Wildman–Crippen MR) is 174 cm³/mol. The fourth-order valence-electron chi connectivity index (χ4n) is 6.59.